The maximum atomic E-state index is 12.4. The summed E-state index contributed by atoms with van der Waals surface area (Å²) < 4.78 is 52.3. The third kappa shape index (κ3) is 5.33. The maximum Gasteiger partial charge on any atom is 0.341 e. The molecule has 0 radical (unpaired) electrons. The van der Waals surface area contributed by atoms with Crippen LogP contribution in [0.15, 0.2) is 46.7 Å². The van der Waals surface area contributed by atoms with Gasteiger partial charge in [0.2, 0.25) is 9.84 Å². The van der Waals surface area contributed by atoms with Crippen molar-refractivity contribution in [2.24, 2.45) is 0 Å². The molecule has 0 aliphatic rings. The lowest BCUT2D eigenvalue weighted by Crippen LogP contribution is -2.30. The van der Waals surface area contributed by atoms with E-state index in [1.54, 1.807) is 11.3 Å². The first kappa shape index (κ1) is 20.0. The number of rotatable bonds is 8. The van der Waals surface area contributed by atoms with Crippen molar-refractivity contribution in [2.75, 3.05) is 13.2 Å². The molecule has 0 bridgehead atoms. The molecule has 1 N–H and O–H groups in total. The van der Waals surface area contributed by atoms with Gasteiger partial charge < -0.3 is 10.1 Å². The monoisotopic (exact) mass is 403 g/mol. The summed E-state index contributed by atoms with van der Waals surface area (Å²) in [4.78, 5) is 23.9. The number of sulfone groups is 1. The minimum absolute atomic E-state index is 0.0513. The van der Waals surface area contributed by atoms with Gasteiger partial charge in [-0.2, -0.15) is 8.78 Å². The highest BCUT2D eigenvalue weighted by Crippen LogP contribution is 2.18. The predicted molar refractivity (Wildman–Crippen MR) is 90.9 cm³/mol. The Bertz CT molecular complexity index is 849. The van der Waals surface area contributed by atoms with E-state index in [4.69, 9.17) is 4.74 Å². The number of amides is 1. The molecular weight excluding hydrogens is 388 g/mol. The molecule has 140 valence electrons. The Morgan fingerprint density at radius 3 is 2.42 bits per heavy atom. The number of benzene rings is 1. The van der Waals surface area contributed by atoms with Crippen molar-refractivity contribution < 1.29 is 31.5 Å². The second-order valence-corrected chi connectivity index (χ2v) is 8.04. The molecule has 0 fully saturated rings. The van der Waals surface area contributed by atoms with Crippen molar-refractivity contribution in [3.63, 3.8) is 0 Å². The molecule has 1 aromatic heterocycles. The normalized spacial score (nSPS) is 11.3. The quantitative estimate of drug-likeness (QED) is 0.683. The number of hydrogen-bond donors (Lipinski definition) is 1. The van der Waals surface area contributed by atoms with Crippen molar-refractivity contribution in [2.45, 2.75) is 17.1 Å². The van der Waals surface area contributed by atoms with Gasteiger partial charge in [0.15, 0.2) is 6.61 Å². The summed E-state index contributed by atoms with van der Waals surface area (Å²) in [5.74, 6) is -4.88. The predicted octanol–water partition coefficient (Wildman–Crippen LogP) is 2.26. The smallest absolute Gasteiger partial charge is 0.341 e. The van der Waals surface area contributed by atoms with E-state index in [1.165, 1.54) is 0 Å². The van der Waals surface area contributed by atoms with Crippen LogP contribution >= 0.6 is 11.3 Å². The third-order valence-corrected chi connectivity index (χ3v) is 5.60. The molecule has 0 aliphatic heterocycles. The Kier molecular flexibility index (Phi) is 6.81. The molecule has 0 saturated heterocycles. The topological polar surface area (TPSA) is 89.5 Å². The van der Waals surface area contributed by atoms with Gasteiger partial charge in [-0.25, -0.2) is 13.2 Å². The van der Waals surface area contributed by atoms with Crippen LogP contribution in [0.5, 0.6) is 0 Å². The molecule has 1 amide bonds. The Morgan fingerprint density at radius 2 is 1.85 bits per heavy atom. The lowest BCUT2D eigenvalue weighted by Gasteiger charge is -2.07. The number of carbonyl (C=O) groups is 2. The van der Waals surface area contributed by atoms with Gasteiger partial charge in [-0.15, -0.1) is 11.3 Å². The highest BCUT2D eigenvalue weighted by atomic mass is 32.2. The highest BCUT2D eigenvalue weighted by molar-refractivity contribution is 7.91. The minimum Gasteiger partial charge on any atom is -0.452 e. The van der Waals surface area contributed by atoms with Crippen LogP contribution in [0.1, 0.15) is 15.2 Å². The van der Waals surface area contributed by atoms with Crippen molar-refractivity contribution in [3.8, 4) is 0 Å². The average molecular weight is 403 g/mol. The van der Waals surface area contributed by atoms with Gasteiger partial charge in [0.05, 0.1) is 10.5 Å². The number of nitrogens with one attached hydrogen (secondary N) is 1. The van der Waals surface area contributed by atoms with E-state index in [9.17, 15) is 26.8 Å². The molecule has 26 heavy (non-hydrogen) atoms. The fourth-order valence-electron chi connectivity index (χ4n) is 1.93. The van der Waals surface area contributed by atoms with Gasteiger partial charge in [-0.05, 0) is 42.1 Å². The minimum atomic E-state index is -4.72. The van der Waals surface area contributed by atoms with E-state index >= 15 is 0 Å². The molecule has 2 rings (SSSR count). The first-order chi connectivity index (χ1) is 12.3. The summed E-state index contributed by atoms with van der Waals surface area (Å²) >= 11 is 1.57. The fraction of sp³-hybridized carbons (Fsp3) is 0.250. The van der Waals surface area contributed by atoms with E-state index in [1.807, 2.05) is 17.5 Å². The third-order valence-electron chi connectivity index (χ3n) is 3.26. The maximum absolute atomic E-state index is 12.4. The first-order valence-electron chi connectivity index (χ1n) is 7.39. The highest BCUT2D eigenvalue weighted by Gasteiger charge is 2.26. The van der Waals surface area contributed by atoms with Gasteiger partial charge in [0.1, 0.15) is 0 Å². The number of alkyl halides is 2. The first-order valence-corrected chi connectivity index (χ1v) is 9.81. The van der Waals surface area contributed by atoms with E-state index in [2.05, 4.69) is 5.32 Å². The molecule has 6 nitrogen and oxygen atoms in total. The Hall–Kier alpha value is -2.33. The number of ether oxygens (including phenoxy) is 1. The van der Waals surface area contributed by atoms with Crippen molar-refractivity contribution >= 4 is 33.1 Å². The molecule has 0 atom stereocenters. The number of hydrogen-bond acceptors (Lipinski definition) is 6. The van der Waals surface area contributed by atoms with Gasteiger partial charge in [0, 0.05) is 11.4 Å². The Balaban J connectivity index is 1.81. The van der Waals surface area contributed by atoms with Crippen LogP contribution in [0.25, 0.3) is 0 Å². The Labute approximate surface area is 152 Å². The summed E-state index contributed by atoms with van der Waals surface area (Å²) in [6, 6.07) is 7.72. The second-order valence-electron chi connectivity index (χ2n) is 5.09. The van der Waals surface area contributed by atoms with Gasteiger partial charge >= 0.3 is 11.7 Å². The van der Waals surface area contributed by atoms with Gasteiger partial charge in [-0.3, -0.25) is 4.79 Å². The molecule has 2 aromatic rings. The van der Waals surface area contributed by atoms with Crippen LogP contribution in [0, 0.1) is 0 Å². The summed E-state index contributed by atoms with van der Waals surface area (Å²) in [6.45, 7) is -0.0998. The van der Waals surface area contributed by atoms with Crippen LogP contribution in [0.4, 0.5) is 8.78 Å². The molecule has 0 aliphatic carbocycles. The van der Waals surface area contributed by atoms with Gasteiger partial charge in [-0.1, -0.05) is 6.07 Å². The summed E-state index contributed by atoms with van der Waals surface area (Å²) in [7, 11) is -4.72. The van der Waals surface area contributed by atoms with Crippen LogP contribution in [-0.2, 0) is 25.8 Å². The number of esters is 1. The van der Waals surface area contributed by atoms with Crippen molar-refractivity contribution in [3.05, 3.63) is 52.2 Å². The van der Waals surface area contributed by atoms with E-state index in [0.717, 1.165) is 29.1 Å². The zero-order chi connectivity index (χ0) is 19.2. The SMILES string of the molecule is O=C(COC(=O)c1ccc(S(=O)(=O)C(F)F)cc1)NCCc1cccs1. The molecule has 1 heterocycles. The zero-order valence-corrected chi connectivity index (χ0v) is 15.0. The largest absolute Gasteiger partial charge is 0.452 e. The van der Waals surface area contributed by atoms with E-state index in [0.29, 0.717) is 13.0 Å². The van der Waals surface area contributed by atoms with Crippen LogP contribution < -0.4 is 5.32 Å². The zero-order valence-electron chi connectivity index (χ0n) is 13.4. The molecule has 10 heteroatoms. The van der Waals surface area contributed by atoms with Crippen molar-refractivity contribution in [1.82, 2.24) is 5.32 Å². The fourth-order valence-corrected chi connectivity index (χ4v) is 3.36. The summed E-state index contributed by atoms with van der Waals surface area (Å²) in [5, 5.41) is 4.52. The number of thiophene rings is 1. The van der Waals surface area contributed by atoms with Crippen molar-refractivity contribution in [1.29, 1.82) is 0 Å². The van der Waals surface area contributed by atoms with Crippen LogP contribution in [0.3, 0.4) is 0 Å². The summed E-state index contributed by atoms with van der Waals surface area (Å²) in [5.41, 5.74) is -0.0513. The van der Waals surface area contributed by atoms with Gasteiger partial charge in [0.25, 0.3) is 5.91 Å². The lowest BCUT2D eigenvalue weighted by molar-refractivity contribution is -0.124. The molecular formula is C16H15F2NO5S2. The lowest BCUT2D eigenvalue weighted by atomic mass is 10.2. The molecule has 0 saturated carbocycles. The van der Waals surface area contributed by atoms with Crippen LogP contribution in [-0.4, -0.2) is 39.2 Å². The van der Waals surface area contributed by atoms with Crippen LogP contribution in [0.2, 0.25) is 0 Å². The Morgan fingerprint density at radius 1 is 1.15 bits per heavy atom. The molecule has 1 aromatic carbocycles. The van der Waals surface area contributed by atoms with E-state index < -0.39 is 39.0 Å². The number of halogens is 2. The summed E-state index contributed by atoms with van der Waals surface area (Å²) in [6.07, 6.45) is 0.664. The standard InChI is InChI=1S/C16H15F2NO5S2/c17-16(18)26(22,23)13-5-3-11(4-6-13)15(21)24-10-14(20)19-8-7-12-2-1-9-25-12/h1-6,9,16H,7-8,10H2,(H,19,20). The second kappa shape index (κ2) is 8.86. The number of carbonyl (C=O) groups excluding carboxylic acids is 2. The molecule has 0 unspecified atom stereocenters. The molecule has 0 spiro atoms. The average Bonchev–Trinajstić information content (AvgIpc) is 3.13. The van der Waals surface area contributed by atoms with E-state index in [-0.39, 0.29) is 5.56 Å².